The number of imidazole rings is 1. The first kappa shape index (κ1) is 13.1. The lowest BCUT2D eigenvalue weighted by Crippen LogP contribution is -2.06. The van der Waals surface area contributed by atoms with Crippen LogP contribution in [0.25, 0.3) is 11.0 Å². The van der Waals surface area contributed by atoms with Gasteiger partial charge in [-0.25, -0.2) is 9.37 Å². The second-order valence-electron chi connectivity index (χ2n) is 4.63. The summed E-state index contributed by atoms with van der Waals surface area (Å²) < 4.78 is 13.3. The maximum atomic E-state index is 13.3. The number of benzene rings is 2. The number of hydrogen-bond acceptors (Lipinski definition) is 3. The van der Waals surface area contributed by atoms with E-state index in [0.717, 1.165) is 26.6 Å². The summed E-state index contributed by atoms with van der Waals surface area (Å²) in [7, 11) is 0. The maximum absolute atomic E-state index is 13.3. The Morgan fingerprint density at radius 2 is 2.05 bits per heavy atom. The van der Waals surface area contributed by atoms with Gasteiger partial charge in [-0.05, 0) is 42.8 Å². The zero-order valence-corrected chi connectivity index (χ0v) is 11.7. The predicted molar refractivity (Wildman–Crippen MR) is 79.2 cm³/mol. The molecule has 3 aromatic rings. The van der Waals surface area contributed by atoms with Crippen LogP contribution >= 0.6 is 11.8 Å². The van der Waals surface area contributed by atoms with Crippen molar-refractivity contribution >= 4 is 22.8 Å². The van der Waals surface area contributed by atoms with Gasteiger partial charge in [0.25, 0.3) is 0 Å². The van der Waals surface area contributed by atoms with Gasteiger partial charge in [-0.15, -0.1) is 0 Å². The lowest BCUT2D eigenvalue weighted by atomic mass is 10.1. The van der Waals surface area contributed by atoms with Crippen LogP contribution in [0, 0.1) is 5.82 Å². The van der Waals surface area contributed by atoms with Crippen molar-refractivity contribution in [1.82, 2.24) is 9.97 Å². The van der Waals surface area contributed by atoms with Crippen LogP contribution in [0.15, 0.2) is 52.5 Å². The van der Waals surface area contributed by atoms with Crippen LogP contribution in [-0.4, -0.2) is 9.97 Å². The Bertz CT molecular complexity index is 719. The maximum Gasteiger partial charge on any atom is 0.171 e. The Morgan fingerprint density at radius 3 is 2.80 bits per heavy atom. The van der Waals surface area contributed by atoms with Crippen molar-refractivity contribution < 1.29 is 4.39 Å². The second-order valence-corrected chi connectivity index (χ2v) is 5.66. The average Bonchev–Trinajstić information content (AvgIpc) is 2.82. The summed E-state index contributed by atoms with van der Waals surface area (Å²) in [6.45, 7) is 1.84. The molecule has 1 aromatic heterocycles. The third-order valence-electron chi connectivity index (χ3n) is 3.04. The van der Waals surface area contributed by atoms with Gasteiger partial charge >= 0.3 is 0 Å². The first-order valence-electron chi connectivity index (χ1n) is 6.31. The van der Waals surface area contributed by atoms with E-state index >= 15 is 0 Å². The highest BCUT2D eigenvalue weighted by Gasteiger charge is 2.12. The molecule has 1 heterocycles. The largest absolute Gasteiger partial charge is 0.333 e. The molecule has 3 rings (SSSR count). The molecular weight excluding hydrogens is 273 g/mol. The summed E-state index contributed by atoms with van der Waals surface area (Å²) in [6, 6.07) is 12.3. The fraction of sp³-hybridized carbons (Fsp3) is 0.133. The number of hydrogen-bond donors (Lipinski definition) is 2. The Hall–Kier alpha value is -1.85. The molecule has 102 valence electrons. The van der Waals surface area contributed by atoms with Crippen LogP contribution < -0.4 is 5.73 Å². The van der Waals surface area contributed by atoms with E-state index in [1.807, 2.05) is 31.2 Å². The van der Waals surface area contributed by atoms with Crippen LogP contribution in [0.2, 0.25) is 0 Å². The van der Waals surface area contributed by atoms with Crippen molar-refractivity contribution in [3.63, 3.8) is 0 Å². The van der Waals surface area contributed by atoms with Gasteiger partial charge < -0.3 is 10.7 Å². The smallest absolute Gasteiger partial charge is 0.171 e. The number of H-pyrrole nitrogens is 1. The monoisotopic (exact) mass is 287 g/mol. The number of rotatable bonds is 3. The highest BCUT2D eigenvalue weighted by Crippen LogP contribution is 2.32. The third kappa shape index (κ3) is 2.55. The molecule has 0 saturated carbocycles. The van der Waals surface area contributed by atoms with E-state index in [1.165, 1.54) is 23.9 Å². The molecule has 0 saturated heterocycles. The molecule has 1 atom stereocenters. The molecule has 2 aromatic carbocycles. The zero-order valence-electron chi connectivity index (χ0n) is 10.9. The van der Waals surface area contributed by atoms with Gasteiger partial charge in [0.2, 0.25) is 0 Å². The highest BCUT2D eigenvalue weighted by atomic mass is 32.2. The van der Waals surface area contributed by atoms with Crippen LogP contribution in [0.1, 0.15) is 18.5 Å². The Kier molecular flexibility index (Phi) is 3.46. The van der Waals surface area contributed by atoms with Gasteiger partial charge in [0, 0.05) is 10.9 Å². The lowest BCUT2D eigenvalue weighted by molar-refractivity contribution is 0.619. The van der Waals surface area contributed by atoms with E-state index in [0.29, 0.717) is 0 Å². The summed E-state index contributed by atoms with van der Waals surface area (Å²) in [5, 5.41) is 0.778. The summed E-state index contributed by atoms with van der Waals surface area (Å²) in [5.74, 6) is -0.272. The van der Waals surface area contributed by atoms with Gasteiger partial charge in [0.15, 0.2) is 5.16 Å². The van der Waals surface area contributed by atoms with Crippen molar-refractivity contribution in [3.8, 4) is 0 Å². The molecule has 0 fully saturated rings. The topological polar surface area (TPSA) is 54.7 Å². The average molecular weight is 287 g/mol. The number of nitrogens with zero attached hydrogens (tertiary/aromatic N) is 1. The van der Waals surface area contributed by atoms with E-state index < -0.39 is 0 Å². The number of aromatic nitrogens is 2. The molecule has 5 heteroatoms. The standard InChI is InChI=1S/C15H14FN3S/c1-9(17)11-8-10(16)6-7-14(11)20-15-18-12-4-2-3-5-13(12)19-15/h2-9H,17H2,1H3,(H,18,19). The summed E-state index contributed by atoms with van der Waals surface area (Å²) in [5.41, 5.74) is 8.59. The minimum Gasteiger partial charge on any atom is -0.333 e. The third-order valence-corrected chi connectivity index (χ3v) is 4.02. The number of para-hydroxylation sites is 2. The van der Waals surface area contributed by atoms with E-state index in [4.69, 9.17) is 5.73 Å². The lowest BCUT2D eigenvalue weighted by Gasteiger charge is -2.11. The molecule has 0 aliphatic carbocycles. The quantitative estimate of drug-likeness (QED) is 0.768. The number of nitrogens with two attached hydrogens (primary N) is 1. The molecule has 0 radical (unpaired) electrons. The molecule has 0 spiro atoms. The van der Waals surface area contributed by atoms with Gasteiger partial charge in [-0.2, -0.15) is 0 Å². The molecule has 0 amide bonds. The summed E-state index contributed by atoms with van der Waals surface area (Å²) >= 11 is 1.46. The zero-order chi connectivity index (χ0) is 14.1. The van der Waals surface area contributed by atoms with Crippen molar-refractivity contribution in [2.24, 2.45) is 5.73 Å². The number of nitrogens with one attached hydrogen (secondary N) is 1. The van der Waals surface area contributed by atoms with Crippen molar-refractivity contribution in [2.45, 2.75) is 23.0 Å². The number of halogens is 1. The highest BCUT2D eigenvalue weighted by molar-refractivity contribution is 7.99. The molecule has 3 N–H and O–H groups in total. The van der Waals surface area contributed by atoms with E-state index in [1.54, 1.807) is 6.07 Å². The van der Waals surface area contributed by atoms with Gasteiger partial charge in [0.05, 0.1) is 11.0 Å². The minimum atomic E-state index is -0.272. The van der Waals surface area contributed by atoms with Gasteiger partial charge in [-0.3, -0.25) is 0 Å². The van der Waals surface area contributed by atoms with Gasteiger partial charge in [0.1, 0.15) is 5.82 Å². The molecule has 20 heavy (non-hydrogen) atoms. The number of fused-ring (bicyclic) bond motifs is 1. The fourth-order valence-corrected chi connectivity index (χ4v) is 3.06. The number of aromatic amines is 1. The molecule has 3 nitrogen and oxygen atoms in total. The molecular formula is C15H14FN3S. The van der Waals surface area contributed by atoms with Crippen LogP contribution in [0.4, 0.5) is 4.39 Å². The van der Waals surface area contributed by atoms with Crippen LogP contribution in [0.3, 0.4) is 0 Å². The molecule has 0 bridgehead atoms. The van der Waals surface area contributed by atoms with E-state index in [9.17, 15) is 4.39 Å². The van der Waals surface area contributed by atoms with Gasteiger partial charge in [-0.1, -0.05) is 23.9 Å². The molecule has 0 aliphatic rings. The van der Waals surface area contributed by atoms with Crippen LogP contribution in [0.5, 0.6) is 0 Å². The first-order chi connectivity index (χ1) is 9.63. The van der Waals surface area contributed by atoms with Crippen molar-refractivity contribution in [1.29, 1.82) is 0 Å². The second kappa shape index (κ2) is 5.26. The Morgan fingerprint density at radius 1 is 1.25 bits per heavy atom. The molecule has 1 unspecified atom stereocenters. The molecule has 0 aliphatic heterocycles. The minimum absolute atomic E-state index is 0.224. The van der Waals surface area contributed by atoms with E-state index in [2.05, 4.69) is 9.97 Å². The van der Waals surface area contributed by atoms with Crippen molar-refractivity contribution in [2.75, 3.05) is 0 Å². The summed E-state index contributed by atoms with van der Waals surface area (Å²) in [4.78, 5) is 8.66. The first-order valence-corrected chi connectivity index (χ1v) is 7.13. The Labute approximate surface area is 120 Å². The van der Waals surface area contributed by atoms with Crippen LogP contribution in [-0.2, 0) is 0 Å². The SMILES string of the molecule is CC(N)c1cc(F)ccc1Sc1nc2ccccc2[nH]1. The fourth-order valence-electron chi connectivity index (χ4n) is 2.05. The van der Waals surface area contributed by atoms with Crippen molar-refractivity contribution in [3.05, 3.63) is 53.8 Å². The predicted octanol–water partition coefficient (Wildman–Crippen LogP) is 3.87. The Balaban J connectivity index is 1.98. The van der Waals surface area contributed by atoms with E-state index in [-0.39, 0.29) is 11.9 Å². The summed E-state index contributed by atoms with van der Waals surface area (Å²) in [6.07, 6.45) is 0. The normalized spacial score (nSPS) is 12.8.